The van der Waals surface area contributed by atoms with E-state index in [1.54, 1.807) is 0 Å². The van der Waals surface area contributed by atoms with Crippen molar-refractivity contribution in [3.8, 4) is 0 Å². The molecule has 0 amide bonds. The lowest BCUT2D eigenvalue weighted by molar-refractivity contribution is 0.577. The second kappa shape index (κ2) is 3.07. The largest absolute Gasteiger partial charge is 0.337 e. The van der Waals surface area contributed by atoms with Crippen LogP contribution in [0.2, 0.25) is 0 Å². The average molecular weight is 150 g/mol. The number of aryl methyl sites for hydroxylation is 1. The summed E-state index contributed by atoms with van der Waals surface area (Å²) in [6, 6.07) is 0. The van der Waals surface area contributed by atoms with Crippen molar-refractivity contribution >= 4 is 0 Å². The predicted molar refractivity (Wildman–Crippen MR) is 44.2 cm³/mol. The molecule has 0 aromatic carbocycles. The van der Waals surface area contributed by atoms with Crippen LogP contribution in [-0.2, 0) is 6.54 Å². The van der Waals surface area contributed by atoms with Gasteiger partial charge in [0.15, 0.2) is 0 Å². The highest BCUT2D eigenvalue weighted by Crippen LogP contribution is 2.33. The van der Waals surface area contributed by atoms with Gasteiger partial charge >= 0.3 is 0 Å². The molecule has 0 radical (unpaired) electrons. The van der Waals surface area contributed by atoms with Crippen molar-refractivity contribution < 1.29 is 0 Å². The standard InChI is InChI=1S/C9H14N2/c1(2-9-3-4-9)6-11-7-5-10-8-11/h5,7-9H,1-4,6H2. The summed E-state index contributed by atoms with van der Waals surface area (Å²) in [4.78, 5) is 4.00. The molecule has 0 unspecified atom stereocenters. The maximum atomic E-state index is 4.00. The van der Waals surface area contributed by atoms with Gasteiger partial charge in [-0.05, 0) is 18.8 Å². The topological polar surface area (TPSA) is 17.8 Å². The Kier molecular flexibility index (Phi) is 1.93. The zero-order chi connectivity index (χ0) is 7.52. The summed E-state index contributed by atoms with van der Waals surface area (Å²) in [5.74, 6) is 1.07. The number of hydrogen-bond donors (Lipinski definition) is 0. The van der Waals surface area contributed by atoms with Gasteiger partial charge in [0.05, 0.1) is 6.33 Å². The van der Waals surface area contributed by atoms with Gasteiger partial charge in [-0.2, -0.15) is 0 Å². The van der Waals surface area contributed by atoms with E-state index in [0.717, 1.165) is 12.5 Å². The molecule has 0 saturated heterocycles. The molecule has 0 spiro atoms. The van der Waals surface area contributed by atoms with Crippen molar-refractivity contribution in [1.29, 1.82) is 0 Å². The first-order valence-electron chi connectivity index (χ1n) is 4.41. The Morgan fingerprint density at radius 3 is 3.00 bits per heavy atom. The molecule has 1 aromatic rings. The first kappa shape index (κ1) is 6.89. The van der Waals surface area contributed by atoms with Crippen molar-refractivity contribution in [3.63, 3.8) is 0 Å². The van der Waals surface area contributed by atoms with Crippen LogP contribution in [-0.4, -0.2) is 9.55 Å². The number of aromatic nitrogens is 2. The second-order valence-corrected chi connectivity index (χ2v) is 3.39. The van der Waals surface area contributed by atoms with Crippen LogP contribution in [0.5, 0.6) is 0 Å². The van der Waals surface area contributed by atoms with E-state index in [0.29, 0.717) is 0 Å². The van der Waals surface area contributed by atoms with Crippen LogP contribution in [0.25, 0.3) is 0 Å². The van der Waals surface area contributed by atoms with Crippen LogP contribution in [0.15, 0.2) is 18.7 Å². The third-order valence-electron chi connectivity index (χ3n) is 2.28. The molecular formula is C9H14N2. The van der Waals surface area contributed by atoms with E-state index >= 15 is 0 Å². The summed E-state index contributed by atoms with van der Waals surface area (Å²) in [6.07, 6.45) is 11.5. The van der Waals surface area contributed by atoms with Gasteiger partial charge in [0.25, 0.3) is 0 Å². The van der Waals surface area contributed by atoms with Crippen molar-refractivity contribution in [1.82, 2.24) is 9.55 Å². The van der Waals surface area contributed by atoms with Gasteiger partial charge in [-0.15, -0.1) is 0 Å². The maximum Gasteiger partial charge on any atom is 0.0945 e. The first-order valence-corrected chi connectivity index (χ1v) is 4.41. The monoisotopic (exact) mass is 150 g/mol. The fraction of sp³-hybridized carbons (Fsp3) is 0.667. The quantitative estimate of drug-likeness (QED) is 0.642. The Labute approximate surface area is 67.3 Å². The van der Waals surface area contributed by atoms with E-state index in [-0.39, 0.29) is 0 Å². The lowest BCUT2D eigenvalue weighted by Crippen LogP contribution is -1.94. The van der Waals surface area contributed by atoms with E-state index in [9.17, 15) is 0 Å². The Balaban J connectivity index is 1.66. The van der Waals surface area contributed by atoms with Gasteiger partial charge in [0.1, 0.15) is 0 Å². The van der Waals surface area contributed by atoms with Crippen LogP contribution >= 0.6 is 0 Å². The number of hydrogen-bond acceptors (Lipinski definition) is 1. The van der Waals surface area contributed by atoms with Crippen LogP contribution in [0.1, 0.15) is 25.7 Å². The van der Waals surface area contributed by atoms with E-state index < -0.39 is 0 Å². The Morgan fingerprint density at radius 1 is 1.45 bits per heavy atom. The van der Waals surface area contributed by atoms with Gasteiger partial charge in [-0.3, -0.25) is 0 Å². The number of imidazole rings is 1. The van der Waals surface area contributed by atoms with Gasteiger partial charge < -0.3 is 4.57 Å². The van der Waals surface area contributed by atoms with E-state index in [1.807, 2.05) is 18.7 Å². The zero-order valence-corrected chi connectivity index (χ0v) is 6.74. The highest BCUT2D eigenvalue weighted by atomic mass is 15.0. The third-order valence-corrected chi connectivity index (χ3v) is 2.28. The molecule has 2 rings (SSSR count). The molecule has 0 N–H and O–H groups in total. The average Bonchev–Trinajstić information content (AvgIpc) is 2.66. The van der Waals surface area contributed by atoms with Crippen molar-refractivity contribution in [2.45, 2.75) is 32.2 Å². The summed E-state index contributed by atoms with van der Waals surface area (Å²) in [5, 5.41) is 0. The minimum absolute atomic E-state index is 1.07. The fourth-order valence-corrected chi connectivity index (χ4v) is 1.39. The van der Waals surface area contributed by atoms with Crippen molar-refractivity contribution in [3.05, 3.63) is 18.7 Å². The molecule has 1 saturated carbocycles. The molecule has 0 aliphatic heterocycles. The van der Waals surface area contributed by atoms with Crippen LogP contribution in [0.4, 0.5) is 0 Å². The summed E-state index contributed by atoms with van der Waals surface area (Å²) >= 11 is 0. The normalized spacial score (nSPS) is 17.1. The molecule has 0 bridgehead atoms. The van der Waals surface area contributed by atoms with Crippen LogP contribution in [0, 0.1) is 5.92 Å². The Morgan fingerprint density at radius 2 is 2.36 bits per heavy atom. The lowest BCUT2D eigenvalue weighted by Gasteiger charge is -1.99. The van der Waals surface area contributed by atoms with Crippen molar-refractivity contribution in [2.24, 2.45) is 5.92 Å². The highest BCUT2D eigenvalue weighted by molar-refractivity contribution is 4.76. The number of rotatable bonds is 4. The lowest BCUT2D eigenvalue weighted by atomic mass is 10.2. The molecule has 2 heteroatoms. The van der Waals surface area contributed by atoms with Gasteiger partial charge in [-0.1, -0.05) is 12.8 Å². The summed E-state index contributed by atoms with van der Waals surface area (Å²) in [5.41, 5.74) is 0. The summed E-state index contributed by atoms with van der Waals surface area (Å²) in [7, 11) is 0. The minimum Gasteiger partial charge on any atom is -0.337 e. The molecule has 1 fully saturated rings. The SMILES string of the molecule is c1cn(CCCC2CC2)cn1. The predicted octanol–water partition coefficient (Wildman–Crippen LogP) is 2.07. The molecular weight excluding hydrogens is 136 g/mol. The van der Waals surface area contributed by atoms with Crippen LogP contribution < -0.4 is 0 Å². The molecule has 1 aliphatic rings. The molecule has 60 valence electrons. The summed E-state index contributed by atoms with van der Waals surface area (Å²) < 4.78 is 2.16. The van der Waals surface area contributed by atoms with E-state index in [4.69, 9.17) is 0 Å². The molecule has 1 aliphatic carbocycles. The molecule has 11 heavy (non-hydrogen) atoms. The fourth-order valence-electron chi connectivity index (χ4n) is 1.39. The molecule has 1 aromatic heterocycles. The van der Waals surface area contributed by atoms with Gasteiger partial charge in [0.2, 0.25) is 0 Å². The first-order chi connectivity index (χ1) is 5.45. The van der Waals surface area contributed by atoms with Gasteiger partial charge in [-0.25, -0.2) is 4.98 Å². The van der Waals surface area contributed by atoms with E-state index in [2.05, 4.69) is 9.55 Å². The zero-order valence-electron chi connectivity index (χ0n) is 6.74. The second-order valence-electron chi connectivity index (χ2n) is 3.39. The van der Waals surface area contributed by atoms with Gasteiger partial charge in [0, 0.05) is 18.9 Å². The molecule has 1 heterocycles. The smallest absolute Gasteiger partial charge is 0.0945 e. The summed E-state index contributed by atoms with van der Waals surface area (Å²) in [6.45, 7) is 1.15. The third kappa shape index (κ3) is 2.07. The Bertz CT molecular complexity index is 199. The minimum atomic E-state index is 1.07. The highest BCUT2D eigenvalue weighted by Gasteiger charge is 2.19. The maximum absolute atomic E-state index is 4.00. The van der Waals surface area contributed by atoms with E-state index in [1.165, 1.54) is 25.7 Å². The van der Waals surface area contributed by atoms with Crippen molar-refractivity contribution in [2.75, 3.05) is 0 Å². The molecule has 0 atom stereocenters. The number of nitrogens with zero attached hydrogens (tertiary/aromatic N) is 2. The Hall–Kier alpha value is -0.790. The molecule has 2 nitrogen and oxygen atoms in total. The van der Waals surface area contributed by atoms with Crippen LogP contribution in [0.3, 0.4) is 0 Å².